The van der Waals surface area contributed by atoms with Gasteiger partial charge in [-0.15, -0.1) is 0 Å². The number of nitrogens with one attached hydrogen (secondary N) is 1. The van der Waals surface area contributed by atoms with Gasteiger partial charge in [-0.1, -0.05) is 6.92 Å². The normalized spacial score (nSPS) is 7.90. The SMILES string of the molecule is CCCN.CNCC(=O)O. The van der Waals surface area contributed by atoms with Gasteiger partial charge < -0.3 is 16.2 Å². The van der Waals surface area contributed by atoms with Crippen molar-refractivity contribution in [2.75, 3.05) is 20.1 Å². The number of carboxylic acids is 1. The molecule has 0 bridgehead atoms. The summed E-state index contributed by atoms with van der Waals surface area (Å²) in [4.78, 5) is 9.54. The topological polar surface area (TPSA) is 75.3 Å². The summed E-state index contributed by atoms with van der Waals surface area (Å²) in [5, 5.41) is 10.3. The second-order valence-electron chi connectivity index (χ2n) is 1.71. The first-order valence-electron chi connectivity index (χ1n) is 3.25. The van der Waals surface area contributed by atoms with Crippen molar-refractivity contribution in [3.05, 3.63) is 0 Å². The predicted octanol–water partition coefficient (Wildman–Crippen LogP) is -0.354. The van der Waals surface area contributed by atoms with Gasteiger partial charge in [0.2, 0.25) is 0 Å². The van der Waals surface area contributed by atoms with Gasteiger partial charge in [0.15, 0.2) is 0 Å². The van der Waals surface area contributed by atoms with Crippen molar-refractivity contribution in [1.82, 2.24) is 5.32 Å². The molecular formula is C6H16N2O2. The van der Waals surface area contributed by atoms with E-state index < -0.39 is 5.97 Å². The van der Waals surface area contributed by atoms with Crippen LogP contribution in [0.15, 0.2) is 0 Å². The van der Waals surface area contributed by atoms with Crippen LogP contribution >= 0.6 is 0 Å². The van der Waals surface area contributed by atoms with E-state index in [0.29, 0.717) is 0 Å². The van der Waals surface area contributed by atoms with Gasteiger partial charge in [0.25, 0.3) is 0 Å². The molecule has 0 saturated carbocycles. The highest BCUT2D eigenvalue weighted by atomic mass is 16.4. The number of carbonyl (C=O) groups is 1. The van der Waals surface area contributed by atoms with Crippen LogP contribution in [0.4, 0.5) is 0 Å². The zero-order valence-corrected chi connectivity index (χ0v) is 6.55. The average molecular weight is 148 g/mol. The minimum atomic E-state index is -0.822. The maximum absolute atomic E-state index is 9.54. The van der Waals surface area contributed by atoms with Crippen LogP contribution in [0, 0.1) is 0 Å². The van der Waals surface area contributed by atoms with Gasteiger partial charge in [-0.25, -0.2) is 0 Å². The molecule has 0 spiro atoms. The summed E-state index contributed by atoms with van der Waals surface area (Å²) in [5.41, 5.74) is 5.03. The Morgan fingerprint density at radius 2 is 2.10 bits per heavy atom. The lowest BCUT2D eigenvalue weighted by Crippen LogP contribution is -2.16. The van der Waals surface area contributed by atoms with Crippen molar-refractivity contribution in [2.24, 2.45) is 5.73 Å². The van der Waals surface area contributed by atoms with Gasteiger partial charge in [0, 0.05) is 0 Å². The molecular weight excluding hydrogens is 132 g/mol. The Hall–Kier alpha value is -0.610. The molecule has 0 radical (unpaired) electrons. The summed E-state index contributed by atoms with van der Waals surface area (Å²) in [5.74, 6) is -0.822. The summed E-state index contributed by atoms with van der Waals surface area (Å²) < 4.78 is 0. The summed E-state index contributed by atoms with van der Waals surface area (Å²) in [6, 6.07) is 0. The van der Waals surface area contributed by atoms with Gasteiger partial charge in [-0.3, -0.25) is 4.79 Å². The summed E-state index contributed by atoms with van der Waals surface area (Å²) in [7, 11) is 1.59. The van der Waals surface area contributed by atoms with E-state index in [-0.39, 0.29) is 6.54 Å². The zero-order chi connectivity index (χ0) is 8.41. The fraction of sp³-hybridized carbons (Fsp3) is 0.833. The first kappa shape index (κ1) is 12.1. The fourth-order valence-electron chi connectivity index (χ4n) is 0.151. The molecule has 0 aliphatic heterocycles. The molecule has 10 heavy (non-hydrogen) atoms. The lowest BCUT2D eigenvalue weighted by Gasteiger charge is -1.84. The Morgan fingerprint density at radius 3 is 2.10 bits per heavy atom. The van der Waals surface area contributed by atoms with E-state index in [1.807, 2.05) is 0 Å². The van der Waals surface area contributed by atoms with E-state index in [2.05, 4.69) is 12.2 Å². The van der Waals surface area contributed by atoms with Crippen molar-refractivity contribution in [2.45, 2.75) is 13.3 Å². The van der Waals surface area contributed by atoms with Gasteiger partial charge in [-0.2, -0.15) is 0 Å². The van der Waals surface area contributed by atoms with E-state index in [4.69, 9.17) is 10.8 Å². The summed E-state index contributed by atoms with van der Waals surface area (Å²) in [6.45, 7) is 2.92. The minimum absolute atomic E-state index is 0.0417. The molecule has 4 N–H and O–H groups in total. The third kappa shape index (κ3) is 26.3. The summed E-state index contributed by atoms with van der Waals surface area (Å²) in [6.07, 6.45) is 1.10. The molecule has 0 amide bonds. The third-order valence-electron chi connectivity index (χ3n) is 0.617. The van der Waals surface area contributed by atoms with E-state index in [9.17, 15) is 4.79 Å². The second-order valence-corrected chi connectivity index (χ2v) is 1.71. The standard InChI is InChI=1S/C3H7NO2.C3H9N/c1-4-2-3(5)6;1-2-3-4/h4H,2H2,1H3,(H,5,6);2-4H2,1H3. The van der Waals surface area contributed by atoms with Crippen molar-refractivity contribution >= 4 is 5.97 Å². The fourth-order valence-corrected chi connectivity index (χ4v) is 0.151. The maximum atomic E-state index is 9.54. The van der Waals surface area contributed by atoms with Crippen LogP contribution in [0.5, 0.6) is 0 Å². The first-order chi connectivity index (χ1) is 4.68. The lowest BCUT2D eigenvalue weighted by molar-refractivity contribution is -0.135. The van der Waals surface area contributed by atoms with Crippen LogP contribution in [-0.4, -0.2) is 31.2 Å². The molecule has 0 aromatic heterocycles. The van der Waals surface area contributed by atoms with Crippen LogP contribution < -0.4 is 11.1 Å². The van der Waals surface area contributed by atoms with Gasteiger partial charge in [0.1, 0.15) is 0 Å². The molecule has 62 valence electrons. The van der Waals surface area contributed by atoms with Crippen LogP contribution in [0.2, 0.25) is 0 Å². The molecule has 4 nitrogen and oxygen atoms in total. The maximum Gasteiger partial charge on any atom is 0.317 e. The molecule has 0 rings (SSSR count). The third-order valence-corrected chi connectivity index (χ3v) is 0.617. The Balaban J connectivity index is 0. The molecule has 0 fully saturated rings. The van der Waals surface area contributed by atoms with Crippen LogP contribution in [0.1, 0.15) is 13.3 Å². The zero-order valence-electron chi connectivity index (χ0n) is 6.55. The van der Waals surface area contributed by atoms with Crippen LogP contribution in [0.25, 0.3) is 0 Å². The molecule has 0 aromatic rings. The van der Waals surface area contributed by atoms with Crippen molar-refractivity contribution in [3.8, 4) is 0 Å². The number of rotatable bonds is 3. The smallest absolute Gasteiger partial charge is 0.317 e. The van der Waals surface area contributed by atoms with Crippen molar-refractivity contribution in [1.29, 1.82) is 0 Å². The highest BCUT2D eigenvalue weighted by molar-refractivity contribution is 5.68. The monoisotopic (exact) mass is 148 g/mol. The molecule has 0 aromatic carbocycles. The number of hydrogen-bond acceptors (Lipinski definition) is 3. The quantitative estimate of drug-likeness (QED) is 0.511. The largest absolute Gasteiger partial charge is 0.480 e. The van der Waals surface area contributed by atoms with Crippen molar-refractivity contribution < 1.29 is 9.90 Å². The Labute approximate surface area is 61.4 Å². The lowest BCUT2D eigenvalue weighted by atomic mass is 10.5. The van der Waals surface area contributed by atoms with E-state index in [1.54, 1.807) is 7.05 Å². The molecule has 0 atom stereocenters. The van der Waals surface area contributed by atoms with E-state index in [0.717, 1.165) is 13.0 Å². The molecule has 0 saturated heterocycles. The Kier molecular flexibility index (Phi) is 13.6. The number of aliphatic carboxylic acids is 1. The number of hydrogen-bond donors (Lipinski definition) is 3. The minimum Gasteiger partial charge on any atom is -0.480 e. The van der Waals surface area contributed by atoms with E-state index in [1.165, 1.54) is 0 Å². The molecule has 4 heteroatoms. The van der Waals surface area contributed by atoms with Crippen LogP contribution in [0.3, 0.4) is 0 Å². The second kappa shape index (κ2) is 11.2. The van der Waals surface area contributed by atoms with Gasteiger partial charge >= 0.3 is 5.97 Å². The first-order valence-corrected chi connectivity index (χ1v) is 3.25. The predicted molar refractivity (Wildman–Crippen MR) is 40.9 cm³/mol. The average Bonchev–Trinajstić information content (AvgIpc) is 1.89. The molecule has 0 aliphatic carbocycles. The number of likely N-dealkylation sites (N-methyl/N-ethyl adjacent to an activating group) is 1. The Bertz CT molecular complexity index is 74.1. The highest BCUT2D eigenvalue weighted by Gasteiger charge is 1.86. The van der Waals surface area contributed by atoms with Gasteiger partial charge in [-0.05, 0) is 20.0 Å². The van der Waals surface area contributed by atoms with Crippen molar-refractivity contribution in [3.63, 3.8) is 0 Å². The van der Waals surface area contributed by atoms with Crippen LogP contribution in [-0.2, 0) is 4.79 Å². The molecule has 0 aliphatic rings. The van der Waals surface area contributed by atoms with E-state index >= 15 is 0 Å². The molecule has 0 heterocycles. The molecule has 0 unspecified atom stereocenters. The Morgan fingerprint density at radius 1 is 1.70 bits per heavy atom. The number of nitrogens with two attached hydrogens (primary N) is 1. The summed E-state index contributed by atoms with van der Waals surface area (Å²) >= 11 is 0. The highest BCUT2D eigenvalue weighted by Crippen LogP contribution is 1.57. The van der Waals surface area contributed by atoms with Gasteiger partial charge in [0.05, 0.1) is 6.54 Å². The number of carboxylic acid groups (broad SMARTS) is 1.